The van der Waals surface area contributed by atoms with Crippen LogP contribution in [-0.4, -0.2) is 12.5 Å². The van der Waals surface area contributed by atoms with Gasteiger partial charge in [0.05, 0.1) is 5.56 Å². The molecular weight excluding hydrogens is 321 g/mol. The second-order valence-electron chi connectivity index (χ2n) is 5.79. The lowest BCUT2D eigenvalue weighted by molar-refractivity contribution is 0.0949. The number of benzene rings is 1. The highest BCUT2D eigenvalue weighted by Crippen LogP contribution is 2.30. The molecule has 0 aromatic heterocycles. The highest BCUT2D eigenvalue weighted by Gasteiger charge is 2.18. The van der Waals surface area contributed by atoms with Gasteiger partial charge in [-0.25, -0.2) is 4.39 Å². The number of halogens is 2. The smallest absolute Gasteiger partial charge is 0.252 e. The van der Waals surface area contributed by atoms with Crippen LogP contribution >= 0.6 is 15.9 Å². The topological polar surface area (TPSA) is 29.1 Å². The molecular formula is C16H21BrFNO. The van der Waals surface area contributed by atoms with E-state index in [-0.39, 0.29) is 11.7 Å². The second kappa shape index (κ2) is 7.21. The predicted molar refractivity (Wildman–Crippen MR) is 82.2 cm³/mol. The zero-order chi connectivity index (χ0) is 14.5. The molecule has 0 spiro atoms. The Bertz CT molecular complexity index is 470. The summed E-state index contributed by atoms with van der Waals surface area (Å²) in [7, 11) is 0. The van der Waals surface area contributed by atoms with Crippen LogP contribution in [-0.2, 0) is 0 Å². The Labute approximate surface area is 128 Å². The van der Waals surface area contributed by atoms with Crippen molar-refractivity contribution in [3.05, 3.63) is 34.1 Å². The maximum atomic E-state index is 13.0. The van der Waals surface area contributed by atoms with Crippen LogP contribution in [0.4, 0.5) is 4.39 Å². The summed E-state index contributed by atoms with van der Waals surface area (Å²) < 4.78 is 13.5. The summed E-state index contributed by atoms with van der Waals surface area (Å²) in [6, 6.07) is 4.14. The highest BCUT2D eigenvalue weighted by atomic mass is 79.9. The Morgan fingerprint density at radius 3 is 2.70 bits per heavy atom. The molecule has 1 aromatic rings. The number of nitrogens with one attached hydrogen (secondary N) is 1. The SMILES string of the molecule is CC1CCC(CCNC(=O)c2ccc(F)cc2Br)CC1. The fourth-order valence-electron chi connectivity index (χ4n) is 2.78. The molecule has 1 aliphatic carbocycles. The second-order valence-corrected chi connectivity index (χ2v) is 6.65. The Morgan fingerprint density at radius 1 is 1.35 bits per heavy atom. The lowest BCUT2D eigenvalue weighted by atomic mass is 9.81. The van der Waals surface area contributed by atoms with Gasteiger partial charge in [-0.3, -0.25) is 4.79 Å². The van der Waals surface area contributed by atoms with Gasteiger partial charge < -0.3 is 5.32 Å². The number of rotatable bonds is 4. The van der Waals surface area contributed by atoms with Gasteiger partial charge in [0.25, 0.3) is 5.91 Å². The van der Waals surface area contributed by atoms with Gasteiger partial charge >= 0.3 is 0 Å². The molecule has 0 saturated heterocycles. The average molecular weight is 342 g/mol. The summed E-state index contributed by atoms with van der Waals surface area (Å²) in [5, 5.41) is 2.93. The molecule has 0 atom stereocenters. The lowest BCUT2D eigenvalue weighted by Crippen LogP contribution is -2.27. The zero-order valence-electron chi connectivity index (χ0n) is 11.8. The van der Waals surface area contributed by atoms with Gasteiger partial charge in [0, 0.05) is 11.0 Å². The van der Waals surface area contributed by atoms with Crippen molar-refractivity contribution < 1.29 is 9.18 Å². The molecule has 1 aromatic carbocycles. The Hall–Kier alpha value is -0.900. The minimum Gasteiger partial charge on any atom is -0.352 e. The van der Waals surface area contributed by atoms with Gasteiger partial charge in [0.1, 0.15) is 5.82 Å². The quantitative estimate of drug-likeness (QED) is 0.856. The van der Waals surface area contributed by atoms with E-state index in [1.165, 1.54) is 43.9 Å². The van der Waals surface area contributed by atoms with E-state index in [9.17, 15) is 9.18 Å². The van der Waals surface area contributed by atoms with Crippen LogP contribution in [0.25, 0.3) is 0 Å². The summed E-state index contributed by atoms with van der Waals surface area (Å²) >= 11 is 3.22. The molecule has 0 unspecified atom stereocenters. The molecule has 1 fully saturated rings. The van der Waals surface area contributed by atoms with Crippen LogP contribution in [0.1, 0.15) is 49.4 Å². The first-order valence-corrected chi connectivity index (χ1v) is 8.09. The number of hydrogen-bond donors (Lipinski definition) is 1. The van der Waals surface area contributed by atoms with Crippen molar-refractivity contribution in [2.45, 2.75) is 39.0 Å². The van der Waals surface area contributed by atoms with Crippen molar-refractivity contribution >= 4 is 21.8 Å². The van der Waals surface area contributed by atoms with Gasteiger partial charge in [0.15, 0.2) is 0 Å². The average Bonchev–Trinajstić information content (AvgIpc) is 2.41. The van der Waals surface area contributed by atoms with E-state index < -0.39 is 0 Å². The summed E-state index contributed by atoms with van der Waals surface area (Å²) in [6.45, 7) is 3.01. The standard InChI is InChI=1S/C16H21BrFNO/c1-11-2-4-12(5-3-11)8-9-19-16(20)14-7-6-13(18)10-15(14)17/h6-7,10-12H,2-5,8-9H2,1H3,(H,19,20). The molecule has 1 aliphatic rings. The van der Waals surface area contributed by atoms with Gasteiger partial charge in [-0.15, -0.1) is 0 Å². The van der Waals surface area contributed by atoms with Gasteiger partial charge in [0.2, 0.25) is 0 Å². The summed E-state index contributed by atoms with van der Waals surface area (Å²) in [5.74, 6) is 1.12. The van der Waals surface area contributed by atoms with Crippen LogP contribution in [0.5, 0.6) is 0 Å². The third-order valence-electron chi connectivity index (χ3n) is 4.15. The molecule has 0 heterocycles. The number of carbonyl (C=O) groups excluding carboxylic acids is 1. The number of hydrogen-bond acceptors (Lipinski definition) is 1. The van der Waals surface area contributed by atoms with Crippen molar-refractivity contribution in [3.63, 3.8) is 0 Å². The molecule has 4 heteroatoms. The van der Waals surface area contributed by atoms with Gasteiger partial charge in [-0.2, -0.15) is 0 Å². The van der Waals surface area contributed by atoms with Crippen LogP contribution in [0.3, 0.4) is 0 Å². The maximum Gasteiger partial charge on any atom is 0.252 e. The fraction of sp³-hybridized carbons (Fsp3) is 0.562. The fourth-order valence-corrected chi connectivity index (χ4v) is 3.31. The Kier molecular flexibility index (Phi) is 5.58. The minimum absolute atomic E-state index is 0.138. The van der Waals surface area contributed by atoms with Crippen LogP contribution in [0.2, 0.25) is 0 Å². The third-order valence-corrected chi connectivity index (χ3v) is 4.81. The largest absolute Gasteiger partial charge is 0.352 e. The minimum atomic E-state index is -0.343. The van der Waals surface area contributed by atoms with Crippen LogP contribution in [0.15, 0.2) is 22.7 Å². The predicted octanol–water partition coefficient (Wildman–Crippen LogP) is 4.53. The summed E-state index contributed by atoms with van der Waals surface area (Å²) in [6.07, 6.45) is 6.20. The zero-order valence-corrected chi connectivity index (χ0v) is 13.4. The first kappa shape index (κ1) is 15.5. The summed E-state index contributed by atoms with van der Waals surface area (Å²) in [5.41, 5.74) is 0.490. The molecule has 0 radical (unpaired) electrons. The normalized spacial score (nSPS) is 22.6. The van der Waals surface area contributed by atoms with Gasteiger partial charge in [-0.1, -0.05) is 32.6 Å². The molecule has 0 bridgehead atoms. The van der Waals surface area contributed by atoms with Crippen molar-refractivity contribution in [1.82, 2.24) is 5.32 Å². The van der Waals surface area contributed by atoms with Crippen molar-refractivity contribution in [1.29, 1.82) is 0 Å². The number of amides is 1. The van der Waals surface area contributed by atoms with E-state index in [0.29, 0.717) is 16.6 Å². The van der Waals surface area contributed by atoms with E-state index in [4.69, 9.17) is 0 Å². The first-order chi connectivity index (χ1) is 9.56. The molecule has 2 rings (SSSR count). The van der Waals surface area contributed by atoms with Crippen molar-refractivity contribution in [3.8, 4) is 0 Å². The van der Waals surface area contributed by atoms with Crippen LogP contribution in [0, 0.1) is 17.7 Å². The number of carbonyl (C=O) groups is 1. The maximum absolute atomic E-state index is 13.0. The van der Waals surface area contributed by atoms with E-state index in [0.717, 1.165) is 18.3 Å². The van der Waals surface area contributed by atoms with E-state index in [2.05, 4.69) is 28.2 Å². The van der Waals surface area contributed by atoms with Gasteiger partial charge in [-0.05, 0) is 52.4 Å². The molecule has 2 nitrogen and oxygen atoms in total. The molecule has 1 amide bonds. The summed E-state index contributed by atoms with van der Waals surface area (Å²) in [4.78, 5) is 12.0. The van der Waals surface area contributed by atoms with Crippen LogP contribution < -0.4 is 5.32 Å². The van der Waals surface area contributed by atoms with E-state index in [1.54, 1.807) is 0 Å². The first-order valence-electron chi connectivity index (χ1n) is 7.29. The third kappa shape index (κ3) is 4.30. The molecule has 110 valence electrons. The monoisotopic (exact) mass is 341 g/mol. The molecule has 1 saturated carbocycles. The highest BCUT2D eigenvalue weighted by molar-refractivity contribution is 9.10. The lowest BCUT2D eigenvalue weighted by Gasteiger charge is -2.26. The molecule has 1 N–H and O–H groups in total. The van der Waals surface area contributed by atoms with Crippen molar-refractivity contribution in [2.75, 3.05) is 6.54 Å². The van der Waals surface area contributed by atoms with E-state index in [1.807, 2.05) is 0 Å². The Balaban J connectivity index is 1.77. The Morgan fingerprint density at radius 2 is 2.05 bits per heavy atom. The molecule has 0 aliphatic heterocycles. The van der Waals surface area contributed by atoms with E-state index >= 15 is 0 Å². The van der Waals surface area contributed by atoms with Crippen molar-refractivity contribution in [2.24, 2.45) is 11.8 Å². The molecule has 20 heavy (non-hydrogen) atoms.